The number of fused-ring (bicyclic) bond motifs is 2. The number of aromatic amines is 2. The number of Topliss-reactive ketones (excluding diaryl/α,β-unsaturated/α-hetero) is 1. The van der Waals surface area contributed by atoms with Crippen LogP contribution in [-0.4, -0.2) is 74.8 Å². The van der Waals surface area contributed by atoms with Crippen molar-refractivity contribution < 1.29 is 13.9 Å². The first-order valence-corrected chi connectivity index (χ1v) is 12.9. The van der Waals surface area contributed by atoms with Gasteiger partial charge in [-0.2, -0.15) is 0 Å². The van der Waals surface area contributed by atoms with Crippen molar-refractivity contribution in [2.45, 2.75) is 13.8 Å². The van der Waals surface area contributed by atoms with E-state index in [9.17, 15) is 4.79 Å². The molecule has 4 heterocycles. The Labute approximate surface area is 219 Å². The molecule has 0 spiro atoms. The first-order chi connectivity index (χ1) is 18.5. The first-order valence-electron chi connectivity index (χ1n) is 12.9. The summed E-state index contributed by atoms with van der Waals surface area (Å²) in [6, 6.07) is 14.6. The van der Waals surface area contributed by atoms with Gasteiger partial charge in [0.2, 0.25) is 5.88 Å². The number of benzene rings is 2. The SMILES string of the molecule is CCN1CCN(CC(=O)c2ccc(-c3cc4c(Oc5ccc6[nH]c(C)cc6c5F)ncnc4[nH]3)cc2)CC1. The number of aryl methyl sites for hydroxylation is 1. The summed E-state index contributed by atoms with van der Waals surface area (Å²) < 4.78 is 21.0. The van der Waals surface area contributed by atoms with Crippen molar-refractivity contribution in [1.29, 1.82) is 0 Å². The number of hydrogen-bond donors (Lipinski definition) is 2. The molecule has 1 saturated heterocycles. The smallest absolute Gasteiger partial charge is 0.231 e. The van der Waals surface area contributed by atoms with Crippen LogP contribution in [0, 0.1) is 12.7 Å². The van der Waals surface area contributed by atoms with Crippen LogP contribution < -0.4 is 4.74 Å². The third kappa shape index (κ3) is 4.66. The highest BCUT2D eigenvalue weighted by Gasteiger charge is 2.19. The molecule has 9 heteroatoms. The molecule has 0 bridgehead atoms. The molecule has 2 N–H and O–H groups in total. The van der Waals surface area contributed by atoms with E-state index in [0.29, 0.717) is 34.0 Å². The number of piperazine rings is 1. The van der Waals surface area contributed by atoms with Gasteiger partial charge in [0, 0.05) is 54.0 Å². The maximum Gasteiger partial charge on any atom is 0.231 e. The van der Waals surface area contributed by atoms with Crippen molar-refractivity contribution in [3.63, 3.8) is 0 Å². The van der Waals surface area contributed by atoms with E-state index >= 15 is 4.39 Å². The minimum Gasteiger partial charge on any atom is -0.435 e. The van der Waals surface area contributed by atoms with Gasteiger partial charge in [0.1, 0.15) is 12.0 Å². The summed E-state index contributed by atoms with van der Waals surface area (Å²) in [4.78, 5) is 32.5. The van der Waals surface area contributed by atoms with Gasteiger partial charge in [-0.15, -0.1) is 0 Å². The standard InChI is InChI=1S/C29H29FN6O2/c1-3-35-10-12-36(13-11-35)16-25(37)20-6-4-19(5-7-20)24-15-22-28(34-24)31-17-32-29(22)38-26-9-8-23-21(27(26)30)14-18(2)33-23/h4-9,14-15,17,33H,3,10-13,16H2,1-2H3,(H,31,32,34). The average Bonchev–Trinajstić information content (AvgIpc) is 3.55. The molecule has 0 aliphatic carbocycles. The van der Waals surface area contributed by atoms with Crippen molar-refractivity contribution in [1.82, 2.24) is 29.7 Å². The summed E-state index contributed by atoms with van der Waals surface area (Å²) in [6.45, 7) is 9.38. The second-order valence-corrected chi connectivity index (χ2v) is 9.73. The second kappa shape index (κ2) is 10.00. The molecule has 0 unspecified atom stereocenters. The number of ketones is 1. The van der Waals surface area contributed by atoms with Crippen LogP contribution in [0.25, 0.3) is 33.2 Å². The van der Waals surface area contributed by atoms with Gasteiger partial charge in [0.05, 0.1) is 11.9 Å². The molecule has 194 valence electrons. The van der Waals surface area contributed by atoms with Crippen molar-refractivity contribution in [3.8, 4) is 22.9 Å². The van der Waals surface area contributed by atoms with Gasteiger partial charge in [0.15, 0.2) is 17.3 Å². The number of carbonyl (C=O) groups excluding carboxylic acids is 1. The van der Waals surface area contributed by atoms with Crippen LogP contribution in [0.3, 0.4) is 0 Å². The number of nitrogens with one attached hydrogen (secondary N) is 2. The van der Waals surface area contributed by atoms with E-state index in [1.807, 2.05) is 37.3 Å². The van der Waals surface area contributed by atoms with E-state index in [1.54, 1.807) is 18.2 Å². The minimum atomic E-state index is -0.443. The van der Waals surface area contributed by atoms with Crippen LogP contribution in [0.5, 0.6) is 11.6 Å². The van der Waals surface area contributed by atoms with Gasteiger partial charge >= 0.3 is 0 Å². The molecule has 1 fully saturated rings. The first kappa shape index (κ1) is 24.3. The van der Waals surface area contributed by atoms with E-state index in [0.717, 1.165) is 49.7 Å². The predicted octanol–water partition coefficient (Wildman–Crippen LogP) is 5.17. The number of nitrogens with zero attached hydrogens (tertiary/aromatic N) is 4. The number of hydrogen-bond acceptors (Lipinski definition) is 6. The van der Waals surface area contributed by atoms with E-state index in [1.165, 1.54) is 6.33 Å². The van der Waals surface area contributed by atoms with Gasteiger partial charge < -0.3 is 19.6 Å². The molecule has 2 aromatic carbocycles. The van der Waals surface area contributed by atoms with Gasteiger partial charge in [0.25, 0.3) is 0 Å². The Morgan fingerprint density at radius 2 is 1.74 bits per heavy atom. The van der Waals surface area contributed by atoms with Gasteiger partial charge in [-0.1, -0.05) is 31.2 Å². The van der Waals surface area contributed by atoms with Gasteiger partial charge in [-0.25, -0.2) is 14.4 Å². The van der Waals surface area contributed by atoms with Crippen LogP contribution in [0.2, 0.25) is 0 Å². The Kier molecular flexibility index (Phi) is 6.39. The third-order valence-corrected chi connectivity index (χ3v) is 7.23. The average molecular weight is 513 g/mol. The third-order valence-electron chi connectivity index (χ3n) is 7.23. The molecule has 5 aromatic rings. The van der Waals surface area contributed by atoms with Crippen molar-refractivity contribution >= 4 is 27.7 Å². The highest BCUT2D eigenvalue weighted by molar-refractivity contribution is 5.98. The van der Waals surface area contributed by atoms with E-state index < -0.39 is 5.82 Å². The van der Waals surface area contributed by atoms with E-state index in [-0.39, 0.29) is 17.4 Å². The Hall–Kier alpha value is -4.08. The molecule has 0 atom stereocenters. The Balaban J connectivity index is 1.20. The maximum absolute atomic E-state index is 15.1. The van der Waals surface area contributed by atoms with Crippen LogP contribution in [-0.2, 0) is 0 Å². The molecule has 1 aliphatic heterocycles. The lowest BCUT2D eigenvalue weighted by Crippen LogP contribution is -2.47. The number of carbonyl (C=O) groups is 1. The lowest BCUT2D eigenvalue weighted by atomic mass is 10.1. The van der Waals surface area contributed by atoms with Crippen LogP contribution in [0.15, 0.2) is 54.9 Å². The summed E-state index contributed by atoms with van der Waals surface area (Å²) in [6.07, 6.45) is 1.39. The van der Waals surface area contributed by atoms with Crippen molar-refractivity contribution in [2.24, 2.45) is 0 Å². The molecule has 0 amide bonds. The summed E-state index contributed by atoms with van der Waals surface area (Å²) in [7, 11) is 0. The molecule has 0 radical (unpaired) electrons. The Morgan fingerprint density at radius 3 is 2.50 bits per heavy atom. The lowest BCUT2D eigenvalue weighted by molar-refractivity contribution is 0.0859. The fourth-order valence-corrected chi connectivity index (χ4v) is 5.02. The summed E-state index contributed by atoms with van der Waals surface area (Å²) in [5.41, 5.74) is 4.56. The molecular weight excluding hydrogens is 483 g/mol. The van der Waals surface area contributed by atoms with E-state index in [2.05, 4.69) is 36.7 Å². The molecule has 8 nitrogen and oxygen atoms in total. The fraction of sp³-hybridized carbons (Fsp3) is 0.276. The summed E-state index contributed by atoms with van der Waals surface area (Å²) in [5.74, 6) is 0.0365. The Morgan fingerprint density at radius 1 is 0.974 bits per heavy atom. The zero-order valence-electron chi connectivity index (χ0n) is 21.4. The quantitative estimate of drug-likeness (QED) is 0.293. The predicted molar refractivity (Wildman–Crippen MR) is 145 cm³/mol. The highest BCUT2D eigenvalue weighted by atomic mass is 19.1. The fourth-order valence-electron chi connectivity index (χ4n) is 5.02. The normalized spacial score (nSPS) is 14.9. The Bertz CT molecular complexity index is 1620. The summed E-state index contributed by atoms with van der Waals surface area (Å²) >= 11 is 0. The number of rotatable bonds is 7. The molecular formula is C29H29FN6O2. The number of aromatic nitrogens is 4. The highest BCUT2D eigenvalue weighted by Crippen LogP contribution is 2.34. The summed E-state index contributed by atoms with van der Waals surface area (Å²) in [5, 5.41) is 1.11. The molecule has 6 rings (SSSR count). The number of ether oxygens (including phenoxy) is 1. The van der Waals surface area contributed by atoms with Crippen molar-refractivity contribution in [2.75, 3.05) is 39.3 Å². The second-order valence-electron chi connectivity index (χ2n) is 9.73. The van der Waals surface area contributed by atoms with Crippen LogP contribution in [0.1, 0.15) is 23.0 Å². The van der Waals surface area contributed by atoms with Gasteiger partial charge in [-0.05, 0) is 43.3 Å². The molecule has 1 aliphatic rings. The molecule has 0 saturated carbocycles. The monoisotopic (exact) mass is 512 g/mol. The maximum atomic E-state index is 15.1. The van der Waals surface area contributed by atoms with Gasteiger partial charge in [-0.3, -0.25) is 9.69 Å². The lowest BCUT2D eigenvalue weighted by Gasteiger charge is -2.33. The number of halogens is 1. The molecule has 3 aromatic heterocycles. The zero-order valence-corrected chi connectivity index (χ0v) is 21.4. The van der Waals surface area contributed by atoms with Crippen LogP contribution >= 0.6 is 0 Å². The number of H-pyrrole nitrogens is 2. The topological polar surface area (TPSA) is 90.1 Å². The van der Waals surface area contributed by atoms with Crippen LogP contribution in [0.4, 0.5) is 4.39 Å². The molecule has 38 heavy (non-hydrogen) atoms. The minimum absolute atomic E-state index is 0.0956. The number of likely N-dealkylation sites (N-methyl/N-ethyl adjacent to an activating group) is 1. The van der Waals surface area contributed by atoms with Crippen molar-refractivity contribution in [3.05, 3.63) is 71.9 Å². The zero-order chi connectivity index (χ0) is 26.2. The van der Waals surface area contributed by atoms with E-state index in [4.69, 9.17) is 4.74 Å². The largest absolute Gasteiger partial charge is 0.435 e.